The maximum absolute atomic E-state index is 11.8. The van der Waals surface area contributed by atoms with Gasteiger partial charge < -0.3 is 15.1 Å². The lowest BCUT2D eigenvalue weighted by Crippen LogP contribution is -2.46. The highest BCUT2D eigenvalue weighted by Gasteiger charge is 2.18. The molecule has 1 aliphatic rings. The Morgan fingerprint density at radius 1 is 1.35 bits per heavy atom. The third-order valence-corrected chi connectivity index (χ3v) is 3.69. The molecule has 1 amide bonds. The minimum absolute atomic E-state index is 0.216. The van der Waals surface area contributed by atoms with Crippen molar-refractivity contribution in [2.45, 2.75) is 39.2 Å². The minimum atomic E-state index is 0.216. The Labute approximate surface area is 105 Å². The van der Waals surface area contributed by atoms with Gasteiger partial charge in [0.25, 0.3) is 0 Å². The maximum Gasteiger partial charge on any atom is 0.236 e. The lowest BCUT2D eigenvalue weighted by molar-refractivity contribution is -0.129. The van der Waals surface area contributed by atoms with E-state index in [2.05, 4.69) is 17.3 Å². The molecule has 4 heteroatoms. The van der Waals surface area contributed by atoms with Gasteiger partial charge in [0.2, 0.25) is 5.91 Å². The summed E-state index contributed by atoms with van der Waals surface area (Å²) >= 11 is 0. The smallest absolute Gasteiger partial charge is 0.236 e. The highest BCUT2D eigenvalue weighted by Crippen LogP contribution is 2.13. The molecule has 1 rings (SSSR count). The summed E-state index contributed by atoms with van der Waals surface area (Å²) in [5.41, 5.74) is 0. The molecule has 0 bridgehead atoms. The monoisotopic (exact) mass is 241 g/mol. The number of likely N-dealkylation sites (tertiary alicyclic amines) is 1. The van der Waals surface area contributed by atoms with Gasteiger partial charge in [0.15, 0.2) is 0 Å². The molecule has 0 aromatic rings. The number of nitrogens with one attached hydrogen (secondary N) is 1. The molecule has 0 spiro atoms. The number of piperidine rings is 1. The van der Waals surface area contributed by atoms with Crippen LogP contribution >= 0.6 is 0 Å². The number of nitrogens with zero attached hydrogens (tertiary/aromatic N) is 2. The van der Waals surface area contributed by atoms with Gasteiger partial charge in [-0.15, -0.1) is 0 Å². The highest BCUT2D eigenvalue weighted by atomic mass is 16.2. The first-order valence-corrected chi connectivity index (χ1v) is 6.87. The van der Waals surface area contributed by atoms with Crippen LogP contribution < -0.4 is 5.32 Å². The molecule has 17 heavy (non-hydrogen) atoms. The molecular weight excluding hydrogens is 214 g/mol. The number of carbonyl (C=O) groups excluding carboxylic acids is 1. The van der Waals surface area contributed by atoms with Gasteiger partial charge in [-0.3, -0.25) is 4.79 Å². The van der Waals surface area contributed by atoms with Crippen LogP contribution in [0.1, 0.15) is 33.1 Å². The molecule has 0 aliphatic carbocycles. The highest BCUT2D eigenvalue weighted by molar-refractivity contribution is 5.78. The van der Waals surface area contributed by atoms with Crippen molar-refractivity contribution >= 4 is 5.91 Å². The van der Waals surface area contributed by atoms with Gasteiger partial charge in [0.05, 0.1) is 6.54 Å². The summed E-state index contributed by atoms with van der Waals surface area (Å²) in [5, 5.41) is 3.30. The third-order valence-electron chi connectivity index (χ3n) is 3.69. The number of carbonyl (C=O) groups is 1. The predicted octanol–water partition coefficient (Wildman–Crippen LogP) is 0.929. The summed E-state index contributed by atoms with van der Waals surface area (Å²) in [6, 6.07) is 0.605. The Kier molecular flexibility index (Phi) is 6.52. The van der Waals surface area contributed by atoms with Crippen molar-refractivity contribution in [1.82, 2.24) is 15.1 Å². The normalized spacial score (nSPS) is 21.5. The Bertz CT molecular complexity index is 229. The zero-order valence-electron chi connectivity index (χ0n) is 11.5. The standard InChI is InChI=1S/C13H27N3O/c1-4-16(5-2)13(17)11-14-10-12-8-6-7-9-15(12)3/h12,14H,4-11H2,1-3H3. The van der Waals surface area contributed by atoms with Gasteiger partial charge in [-0.1, -0.05) is 6.42 Å². The van der Waals surface area contributed by atoms with Crippen LogP contribution in [0, 0.1) is 0 Å². The number of hydrogen-bond acceptors (Lipinski definition) is 3. The third kappa shape index (κ3) is 4.64. The molecule has 0 radical (unpaired) electrons. The summed E-state index contributed by atoms with van der Waals surface area (Å²) in [6.07, 6.45) is 3.88. The van der Waals surface area contributed by atoms with Gasteiger partial charge >= 0.3 is 0 Å². The number of hydrogen-bond donors (Lipinski definition) is 1. The summed E-state index contributed by atoms with van der Waals surface area (Å²) in [7, 11) is 2.18. The molecule has 1 saturated heterocycles. The number of rotatable bonds is 6. The van der Waals surface area contributed by atoms with Gasteiger partial charge in [-0.25, -0.2) is 0 Å². The van der Waals surface area contributed by atoms with Crippen LogP contribution in [-0.4, -0.2) is 61.5 Å². The van der Waals surface area contributed by atoms with E-state index in [0.29, 0.717) is 12.6 Å². The molecule has 1 heterocycles. The summed E-state index contributed by atoms with van der Waals surface area (Å²) in [4.78, 5) is 16.1. The average Bonchev–Trinajstić information content (AvgIpc) is 2.33. The van der Waals surface area contributed by atoms with Crippen molar-refractivity contribution < 1.29 is 4.79 Å². The zero-order chi connectivity index (χ0) is 12.7. The average molecular weight is 241 g/mol. The molecule has 1 unspecified atom stereocenters. The molecule has 1 atom stereocenters. The van der Waals surface area contributed by atoms with Crippen LogP contribution in [0.4, 0.5) is 0 Å². The fourth-order valence-corrected chi connectivity index (χ4v) is 2.44. The van der Waals surface area contributed by atoms with E-state index < -0.39 is 0 Å². The Hall–Kier alpha value is -0.610. The molecular formula is C13H27N3O. The van der Waals surface area contributed by atoms with Gasteiger partial charge in [-0.2, -0.15) is 0 Å². The van der Waals surface area contributed by atoms with Crippen LogP contribution in [0.3, 0.4) is 0 Å². The first kappa shape index (κ1) is 14.5. The van der Waals surface area contributed by atoms with E-state index in [1.165, 1.54) is 25.8 Å². The molecule has 4 nitrogen and oxygen atoms in total. The van der Waals surface area contributed by atoms with E-state index in [0.717, 1.165) is 19.6 Å². The predicted molar refractivity (Wildman–Crippen MR) is 71.1 cm³/mol. The van der Waals surface area contributed by atoms with E-state index in [-0.39, 0.29) is 5.91 Å². The molecule has 1 N–H and O–H groups in total. The lowest BCUT2D eigenvalue weighted by Gasteiger charge is -2.32. The van der Waals surface area contributed by atoms with Crippen LogP contribution in [0.5, 0.6) is 0 Å². The largest absolute Gasteiger partial charge is 0.342 e. The van der Waals surface area contributed by atoms with Gasteiger partial charge in [0.1, 0.15) is 0 Å². The quantitative estimate of drug-likeness (QED) is 0.751. The second-order valence-corrected chi connectivity index (χ2v) is 4.83. The maximum atomic E-state index is 11.8. The topological polar surface area (TPSA) is 35.6 Å². The Balaban J connectivity index is 2.20. The van der Waals surface area contributed by atoms with Crippen molar-refractivity contribution in [3.63, 3.8) is 0 Å². The molecule has 0 aromatic heterocycles. The van der Waals surface area contributed by atoms with Crippen LogP contribution in [0.2, 0.25) is 0 Å². The van der Waals surface area contributed by atoms with E-state index in [1.54, 1.807) is 0 Å². The number of amides is 1. The first-order valence-electron chi connectivity index (χ1n) is 6.87. The van der Waals surface area contributed by atoms with E-state index in [1.807, 2.05) is 18.7 Å². The Morgan fingerprint density at radius 2 is 2.06 bits per heavy atom. The van der Waals surface area contributed by atoms with Crippen molar-refractivity contribution in [3.05, 3.63) is 0 Å². The van der Waals surface area contributed by atoms with Crippen molar-refractivity contribution in [2.75, 3.05) is 39.8 Å². The molecule has 0 aromatic carbocycles. The van der Waals surface area contributed by atoms with Gasteiger partial charge in [0, 0.05) is 25.7 Å². The van der Waals surface area contributed by atoms with Crippen molar-refractivity contribution in [2.24, 2.45) is 0 Å². The first-order chi connectivity index (χ1) is 8.19. The van der Waals surface area contributed by atoms with Crippen LogP contribution in [0.25, 0.3) is 0 Å². The second-order valence-electron chi connectivity index (χ2n) is 4.83. The summed E-state index contributed by atoms with van der Waals surface area (Å²) in [5.74, 6) is 0.216. The molecule has 100 valence electrons. The van der Waals surface area contributed by atoms with E-state index in [9.17, 15) is 4.79 Å². The van der Waals surface area contributed by atoms with Gasteiger partial charge in [-0.05, 0) is 40.3 Å². The van der Waals surface area contributed by atoms with Crippen molar-refractivity contribution in [3.8, 4) is 0 Å². The molecule has 1 aliphatic heterocycles. The Morgan fingerprint density at radius 3 is 2.65 bits per heavy atom. The lowest BCUT2D eigenvalue weighted by atomic mass is 10.0. The summed E-state index contributed by atoms with van der Waals surface area (Å²) < 4.78 is 0. The SMILES string of the molecule is CCN(CC)C(=O)CNCC1CCCCN1C. The fourth-order valence-electron chi connectivity index (χ4n) is 2.44. The summed E-state index contributed by atoms with van der Waals surface area (Å²) in [6.45, 7) is 8.26. The van der Waals surface area contributed by atoms with E-state index in [4.69, 9.17) is 0 Å². The van der Waals surface area contributed by atoms with Crippen LogP contribution in [-0.2, 0) is 4.79 Å². The zero-order valence-corrected chi connectivity index (χ0v) is 11.5. The second kappa shape index (κ2) is 7.67. The van der Waals surface area contributed by atoms with Crippen LogP contribution in [0.15, 0.2) is 0 Å². The molecule has 0 saturated carbocycles. The van der Waals surface area contributed by atoms with E-state index >= 15 is 0 Å². The number of likely N-dealkylation sites (N-methyl/N-ethyl adjacent to an activating group) is 2. The molecule has 1 fully saturated rings. The van der Waals surface area contributed by atoms with Crippen molar-refractivity contribution in [1.29, 1.82) is 0 Å². The fraction of sp³-hybridized carbons (Fsp3) is 0.923. The minimum Gasteiger partial charge on any atom is -0.342 e.